The van der Waals surface area contributed by atoms with Gasteiger partial charge in [-0.1, -0.05) is 13.8 Å². The fraction of sp³-hybridized carbons (Fsp3) is 0.875. The van der Waals surface area contributed by atoms with Crippen LogP contribution in [0.5, 0.6) is 0 Å². The summed E-state index contributed by atoms with van der Waals surface area (Å²) in [5, 5.41) is 11.8. The van der Waals surface area contributed by atoms with E-state index in [-0.39, 0.29) is 18.7 Å². The molecule has 0 aromatic heterocycles. The molecule has 0 spiro atoms. The number of aliphatic hydroxyl groups excluding tert-OH is 1. The Bertz CT molecular complexity index is 170. The molecule has 12 heavy (non-hydrogen) atoms. The smallest absolute Gasteiger partial charge is 0.317 e. The van der Waals surface area contributed by atoms with E-state index in [2.05, 4.69) is 5.32 Å². The molecule has 0 saturated carbocycles. The Morgan fingerprint density at radius 2 is 2.33 bits per heavy atom. The molecule has 1 rings (SSSR count). The molecule has 0 bridgehead atoms. The minimum atomic E-state index is -0.0530. The summed E-state index contributed by atoms with van der Waals surface area (Å²) >= 11 is 0. The zero-order chi connectivity index (χ0) is 9.14. The van der Waals surface area contributed by atoms with Gasteiger partial charge in [0.2, 0.25) is 0 Å². The topological polar surface area (TPSA) is 52.6 Å². The van der Waals surface area contributed by atoms with E-state index >= 15 is 0 Å². The van der Waals surface area contributed by atoms with Crippen molar-refractivity contribution in [2.24, 2.45) is 5.92 Å². The summed E-state index contributed by atoms with van der Waals surface area (Å²) in [5.74, 6) is 0.304. The number of urea groups is 1. The van der Waals surface area contributed by atoms with Gasteiger partial charge in [-0.2, -0.15) is 0 Å². The lowest BCUT2D eigenvalue weighted by molar-refractivity contribution is 0.125. The molecule has 1 fully saturated rings. The third kappa shape index (κ3) is 1.69. The molecule has 70 valence electrons. The lowest BCUT2D eigenvalue weighted by Gasteiger charge is -2.27. The van der Waals surface area contributed by atoms with Crippen molar-refractivity contribution in [2.45, 2.75) is 19.9 Å². The van der Waals surface area contributed by atoms with Crippen LogP contribution < -0.4 is 5.32 Å². The van der Waals surface area contributed by atoms with E-state index in [1.165, 1.54) is 0 Å². The highest BCUT2D eigenvalue weighted by Gasteiger charge is 2.28. The molecule has 1 aliphatic rings. The van der Waals surface area contributed by atoms with Crippen molar-refractivity contribution >= 4 is 6.03 Å². The van der Waals surface area contributed by atoms with E-state index in [0.717, 1.165) is 0 Å². The minimum absolute atomic E-state index is 0.0347. The largest absolute Gasteiger partial charge is 0.394 e. The van der Waals surface area contributed by atoms with Crippen LogP contribution in [0.25, 0.3) is 0 Å². The molecular weight excluding hydrogens is 156 g/mol. The number of carbonyl (C=O) groups excluding carboxylic acids is 1. The van der Waals surface area contributed by atoms with E-state index in [1.54, 1.807) is 4.90 Å². The maximum Gasteiger partial charge on any atom is 0.317 e. The van der Waals surface area contributed by atoms with Crippen LogP contribution in [-0.2, 0) is 0 Å². The number of nitrogens with one attached hydrogen (secondary N) is 1. The van der Waals surface area contributed by atoms with Gasteiger partial charge >= 0.3 is 6.03 Å². The molecule has 4 nitrogen and oxygen atoms in total. The Balaban J connectivity index is 2.58. The summed E-state index contributed by atoms with van der Waals surface area (Å²) in [6, 6.07) is -0.0877. The van der Waals surface area contributed by atoms with E-state index in [4.69, 9.17) is 5.11 Å². The Kier molecular flexibility index (Phi) is 2.92. The number of aliphatic hydroxyl groups is 1. The Labute approximate surface area is 72.6 Å². The van der Waals surface area contributed by atoms with Gasteiger partial charge in [-0.15, -0.1) is 0 Å². The summed E-state index contributed by atoms with van der Waals surface area (Å²) < 4.78 is 0. The summed E-state index contributed by atoms with van der Waals surface area (Å²) in [4.78, 5) is 12.9. The normalized spacial score (nSPS) is 20.0. The summed E-state index contributed by atoms with van der Waals surface area (Å²) in [6.07, 6.45) is 0. The highest BCUT2D eigenvalue weighted by molar-refractivity contribution is 5.76. The molecule has 1 saturated heterocycles. The van der Waals surface area contributed by atoms with Crippen molar-refractivity contribution in [3.05, 3.63) is 0 Å². The molecule has 1 aliphatic heterocycles. The third-order valence-corrected chi connectivity index (χ3v) is 2.25. The molecule has 4 heteroatoms. The molecule has 0 unspecified atom stereocenters. The van der Waals surface area contributed by atoms with Crippen molar-refractivity contribution in [1.29, 1.82) is 0 Å². The van der Waals surface area contributed by atoms with Gasteiger partial charge in [-0.3, -0.25) is 0 Å². The van der Waals surface area contributed by atoms with E-state index < -0.39 is 0 Å². The Hall–Kier alpha value is -0.770. The fourth-order valence-electron chi connectivity index (χ4n) is 1.47. The second-order valence-electron chi connectivity index (χ2n) is 3.42. The van der Waals surface area contributed by atoms with Gasteiger partial charge in [0.25, 0.3) is 0 Å². The number of hydrogen-bond acceptors (Lipinski definition) is 2. The molecule has 0 radical (unpaired) electrons. The third-order valence-electron chi connectivity index (χ3n) is 2.25. The average molecular weight is 172 g/mol. The van der Waals surface area contributed by atoms with Gasteiger partial charge < -0.3 is 15.3 Å². The molecule has 2 N–H and O–H groups in total. The van der Waals surface area contributed by atoms with E-state index in [1.807, 2.05) is 13.8 Å². The zero-order valence-corrected chi connectivity index (χ0v) is 7.58. The number of hydrogen-bond donors (Lipinski definition) is 2. The van der Waals surface area contributed by atoms with Gasteiger partial charge in [0.15, 0.2) is 0 Å². The molecule has 2 amide bonds. The van der Waals surface area contributed by atoms with Crippen LogP contribution in [-0.4, -0.2) is 41.8 Å². The first kappa shape index (κ1) is 9.32. The first-order chi connectivity index (χ1) is 5.66. The number of nitrogens with zero attached hydrogens (tertiary/aromatic N) is 1. The van der Waals surface area contributed by atoms with E-state index in [0.29, 0.717) is 19.0 Å². The monoisotopic (exact) mass is 172 g/mol. The van der Waals surface area contributed by atoms with Crippen LogP contribution in [0.3, 0.4) is 0 Å². The standard InChI is InChI=1S/C8H16N2O2/c1-6(2)7(5-11)10-4-3-9-8(10)12/h6-7,11H,3-5H2,1-2H3,(H,9,12)/t7-/m1/s1. The molecular formula is C8H16N2O2. The number of carbonyl (C=O) groups is 1. The number of amides is 2. The zero-order valence-electron chi connectivity index (χ0n) is 7.58. The lowest BCUT2D eigenvalue weighted by atomic mass is 10.0. The SMILES string of the molecule is CC(C)[C@@H](CO)N1CCNC1=O. The van der Waals surface area contributed by atoms with Gasteiger partial charge in [-0.05, 0) is 5.92 Å². The van der Waals surface area contributed by atoms with Crippen LogP contribution >= 0.6 is 0 Å². The predicted molar refractivity (Wildman–Crippen MR) is 45.8 cm³/mol. The molecule has 0 aliphatic carbocycles. The fourth-order valence-corrected chi connectivity index (χ4v) is 1.47. The molecule has 1 atom stereocenters. The quantitative estimate of drug-likeness (QED) is 0.631. The van der Waals surface area contributed by atoms with Crippen molar-refractivity contribution in [1.82, 2.24) is 10.2 Å². The maximum absolute atomic E-state index is 11.2. The molecule has 0 aromatic rings. The van der Waals surface area contributed by atoms with Gasteiger partial charge in [-0.25, -0.2) is 4.79 Å². The van der Waals surface area contributed by atoms with Crippen molar-refractivity contribution in [3.8, 4) is 0 Å². The first-order valence-corrected chi connectivity index (χ1v) is 4.32. The van der Waals surface area contributed by atoms with Crippen LogP contribution in [0.15, 0.2) is 0 Å². The van der Waals surface area contributed by atoms with Crippen molar-refractivity contribution in [2.75, 3.05) is 19.7 Å². The summed E-state index contributed by atoms with van der Waals surface area (Å²) in [6.45, 7) is 5.47. The minimum Gasteiger partial charge on any atom is -0.394 e. The van der Waals surface area contributed by atoms with Crippen LogP contribution in [0.4, 0.5) is 4.79 Å². The summed E-state index contributed by atoms with van der Waals surface area (Å²) in [5.41, 5.74) is 0. The summed E-state index contributed by atoms with van der Waals surface area (Å²) in [7, 11) is 0. The highest BCUT2D eigenvalue weighted by Crippen LogP contribution is 2.12. The van der Waals surface area contributed by atoms with Crippen LogP contribution in [0.2, 0.25) is 0 Å². The maximum atomic E-state index is 11.2. The van der Waals surface area contributed by atoms with Crippen molar-refractivity contribution in [3.63, 3.8) is 0 Å². The Morgan fingerprint density at radius 1 is 1.67 bits per heavy atom. The predicted octanol–water partition coefficient (Wildman–Crippen LogP) is 0.0285. The van der Waals surface area contributed by atoms with Gasteiger partial charge in [0.05, 0.1) is 12.6 Å². The Morgan fingerprint density at radius 3 is 2.67 bits per heavy atom. The second-order valence-corrected chi connectivity index (χ2v) is 3.42. The van der Waals surface area contributed by atoms with E-state index in [9.17, 15) is 4.79 Å². The first-order valence-electron chi connectivity index (χ1n) is 4.32. The average Bonchev–Trinajstić information content (AvgIpc) is 2.38. The molecule has 0 aromatic carbocycles. The van der Waals surface area contributed by atoms with Gasteiger partial charge in [0.1, 0.15) is 0 Å². The van der Waals surface area contributed by atoms with Crippen LogP contribution in [0.1, 0.15) is 13.8 Å². The highest BCUT2D eigenvalue weighted by atomic mass is 16.3. The van der Waals surface area contributed by atoms with Crippen LogP contribution in [0, 0.1) is 5.92 Å². The lowest BCUT2D eigenvalue weighted by Crippen LogP contribution is -2.43. The number of rotatable bonds is 3. The van der Waals surface area contributed by atoms with Gasteiger partial charge in [0, 0.05) is 13.1 Å². The molecule has 1 heterocycles. The van der Waals surface area contributed by atoms with Crippen molar-refractivity contribution < 1.29 is 9.90 Å². The second kappa shape index (κ2) is 3.76.